The monoisotopic (exact) mass is 335 g/mol. The Kier molecular flexibility index (Phi) is 6.59. The zero-order valence-corrected chi connectivity index (χ0v) is 16.1. The molecule has 0 saturated heterocycles. The molecule has 0 aliphatic heterocycles. The van der Waals surface area contributed by atoms with Crippen molar-refractivity contribution in [3.8, 4) is 0 Å². The Hall–Kier alpha value is -1.59. The maximum absolute atomic E-state index is 11.7. The summed E-state index contributed by atoms with van der Waals surface area (Å²) in [5, 5.41) is 2.87. The van der Waals surface area contributed by atoms with Crippen molar-refractivity contribution in [2.24, 2.45) is 0 Å². The number of nitrogens with one attached hydrogen (secondary N) is 1. The van der Waals surface area contributed by atoms with Gasteiger partial charge in [-0.3, -0.25) is 0 Å². The lowest BCUT2D eigenvalue weighted by atomic mass is 10.0. The molecule has 0 radical (unpaired) electrons. The summed E-state index contributed by atoms with van der Waals surface area (Å²) in [5.41, 5.74) is 1.01. The molecule has 0 unspecified atom stereocenters. The third-order valence-corrected chi connectivity index (χ3v) is 8.86. The van der Waals surface area contributed by atoms with E-state index in [1.54, 1.807) is 6.08 Å². The van der Waals surface area contributed by atoms with Crippen LogP contribution in [0.1, 0.15) is 32.4 Å². The van der Waals surface area contributed by atoms with Gasteiger partial charge in [-0.2, -0.15) is 0 Å². The summed E-state index contributed by atoms with van der Waals surface area (Å²) in [4.78, 5) is 11.7. The van der Waals surface area contributed by atoms with Gasteiger partial charge in [-0.1, -0.05) is 57.2 Å². The topological polar surface area (TPSA) is 47.6 Å². The first-order valence-corrected chi connectivity index (χ1v) is 10.7. The number of carbonyl (C=O) groups excluding carboxylic acids is 1. The molecule has 0 fully saturated rings. The number of carbonyl (C=O) groups is 1. The predicted octanol–water partition coefficient (Wildman–Crippen LogP) is 4.66. The van der Waals surface area contributed by atoms with Gasteiger partial charge in [0.15, 0.2) is 8.32 Å². The summed E-state index contributed by atoms with van der Waals surface area (Å²) in [6.07, 6.45) is 0.908. The van der Waals surface area contributed by atoms with Gasteiger partial charge in [-0.25, -0.2) is 4.79 Å². The first kappa shape index (κ1) is 19.5. The Bertz CT molecular complexity index is 523. The molecule has 1 N–H and O–H groups in total. The van der Waals surface area contributed by atoms with Gasteiger partial charge < -0.3 is 14.5 Å². The molecule has 5 heteroatoms. The van der Waals surface area contributed by atoms with Crippen LogP contribution in [-0.2, 0) is 9.16 Å². The van der Waals surface area contributed by atoms with Gasteiger partial charge in [0.1, 0.15) is 0 Å². The fourth-order valence-corrected chi connectivity index (χ4v) is 3.21. The number of benzene rings is 1. The van der Waals surface area contributed by atoms with E-state index in [9.17, 15) is 4.79 Å². The van der Waals surface area contributed by atoms with Crippen molar-refractivity contribution in [3.05, 3.63) is 48.6 Å². The van der Waals surface area contributed by atoms with Crippen LogP contribution >= 0.6 is 0 Å². The number of hydrogen-bond donors (Lipinski definition) is 1. The van der Waals surface area contributed by atoms with Crippen molar-refractivity contribution in [1.82, 2.24) is 5.32 Å². The molecule has 23 heavy (non-hydrogen) atoms. The molecule has 0 heterocycles. The SMILES string of the molecule is C=C[C@H](NC(=O)OC)[C@H](O[Si](C)(C)C(C)(C)C)c1ccccc1. The Morgan fingerprint density at radius 3 is 2.26 bits per heavy atom. The maximum atomic E-state index is 11.7. The minimum atomic E-state index is -2.03. The van der Waals surface area contributed by atoms with Gasteiger partial charge in [0.05, 0.1) is 19.3 Å². The van der Waals surface area contributed by atoms with Crippen LogP contribution in [0.25, 0.3) is 0 Å². The summed E-state index contributed by atoms with van der Waals surface area (Å²) < 4.78 is 11.3. The maximum Gasteiger partial charge on any atom is 0.407 e. The molecule has 0 aliphatic rings. The van der Waals surface area contributed by atoms with Crippen molar-refractivity contribution in [2.45, 2.75) is 51.0 Å². The van der Waals surface area contributed by atoms with E-state index in [4.69, 9.17) is 9.16 Å². The third-order valence-electron chi connectivity index (χ3n) is 4.41. The Morgan fingerprint density at radius 2 is 1.83 bits per heavy atom. The molecule has 1 aromatic carbocycles. The van der Waals surface area contributed by atoms with Crippen LogP contribution in [0.3, 0.4) is 0 Å². The fraction of sp³-hybridized carbons (Fsp3) is 0.500. The largest absolute Gasteiger partial charge is 0.453 e. The molecule has 1 aromatic rings. The molecule has 1 amide bonds. The zero-order valence-electron chi connectivity index (χ0n) is 15.1. The summed E-state index contributed by atoms with van der Waals surface area (Å²) in [5.74, 6) is 0. The van der Waals surface area contributed by atoms with Crippen molar-refractivity contribution in [3.63, 3.8) is 0 Å². The summed E-state index contributed by atoms with van der Waals surface area (Å²) >= 11 is 0. The van der Waals surface area contributed by atoms with Crippen LogP contribution in [0.5, 0.6) is 0 Å². The number of hydrogen-bond acceptors (Lipinski definition) is 3. The van der Waals surface area contributed by atoms with Crippen molar-refractivity contribution < 1.29 is 14.0 Å². The van der Waals surface area contributed by atoms with Gasteiger partial charge in [-0.15, -0.1) is 6.58 Å². The third kappa shape index (κ3) is 5.22. The average Bonchev–Trinajstić information content (AvgIpc) is 2.50. The normalized spacial score (nSPS) is 14.7. The molecule has 4 nitrogen and oxygen atoms in total. The van der Waals surface area contributed by atoms with E-state index in [1.807, 2.05) is 30.3 Å². The van der Waals surface area contributed by atoms with Gasteiger partial charge in [0.2, 0.25) is 0 Å². The second-order valence-corrected chi connectivity index (χ2v) is 11.9. The van der Waals surface area contributed by atoms with Gasteiger partial charge >= 0.3 is 6.09 Å². The van der Waals surface area contributed by atoms with E-state index in [2.05, 4.69) is 45.8 Å². The van der Waals surface area contributed by atoms with Crippen molar-refractivity contribution in [2.75, 3.05) is 7.11 Å². The zero-order chi connectivity index (χ0) is 17.7. The number of amides is 1. The first-order valence-electron chi connectivity index (χ1n) is 7.82. The van der Waals surface area contributed by atoms with Crippen molar-refractivity contribution >= 4 is 14.4 Å². The molecule has 0 saturated carbocycles. The standard InChI is InChI=1S/C18H29NO3Si/c1-8-15(19-17(20)21-5)16(14-12-10-9-11-13-14)22-23(6,7)18(2,3)4/h8-13,15-16H,1H2,2-7H3,(H,19,20)/t15-,16+/m0/s1. The molecule has 0 bridgehead atoms. The van der Waals surface area contributed by atoms with Crippen LogP contribution in [0, 0.1) is 0 Å². The number of alkyl carbamates (subject to hydrolysis) is 1. The van der Waals surface area contributed by atoms with Gasteiger partial charge in [-0.05, 0) is 23.7 Å². The Labute approximate surface area is 141 Å². The Balaban J connectivity index is 3.17. The number of methoxy groups -OCH3 is 1. The fourth-order valence-electron chi connectivity index (χ4n) is 1.94. The molecule has 0 aromatic heterocycles. The molecule has 0 spiro atoms. The highest BCUT2D eigenvalue weighted by atomic mass is 28.4. The number of rotatable bonds is 6. The van der Waals surface area contributed by atoms with Crippen LogP contribution in [0.2, 0.25) is 18.1 Å². The second kappa shape index (κ2) is 7.79. The minimum absolute atomic E-state index is 0.0665. The lowest BCUT2D eigenvalue weighted by molar-refractivity contribution is 0.133. The van der Waals surface area contributed by atoms with E-state index in [1.165, 1.54) is 7.11 Å². The highest BCUT2D eigenvalue weighted by Gasteiger charge is 2.41. The molecule has 0 aliphatic carbocycles. The van der Waals surface area contributed by atoms with Crippen LogP contribution in [0.4, 0.5) is 4.79 Å². The highest BCUT2D eigenvalue weighted by Crippen LogP contribution is 2.40. The van der Waals surface area contributed by atoms with E-state index in [-0.39, 0.29) is 17.2 Å². The quantitative estimate of drug-likeness (QED) is 0.607. The summed E-state index contributed by atoms with van der Waals surface area (Å²) in [6.45, 7) is 14.8. The first-order chi connectivity index (χ1) is 10.6. The van der Waals surface area contributed by atoms with E-state index >= 15 is 0 Å². The molecule has 2 atom stereocenters. The molecular weight excluding hydrogens is 306 g/mol. The highest BCUT2D eigenvalue weighted by molar-refractivity contribution is 6.74. The molecule has 128 valence electrons. The average molecular weight is 336 g/mol. The van der Waals surface area contributed by atoms with Crippen LogP contribution in [-0.4, -0.2) is 27.6 Å². The Morgan fingerprint density at radius 1 is 1.26 bits per heavy atom. The lowest BCUT2D eigenvalue weighted by Gasteiger charge is -2.41. The van der Waals surface area contributed by atoms with Crippen molar-refractivity contribution in [1.29, 1.82) is 0 Å². The van der Waals surface area contributed by atoms with Crippen LogP contribution < -0.4 is 5.32 Å². The smallest absolute Gasteiger partial charge is 0.407 e. The van der Waals surface area contributed by atoms with E-state index < -0.39 is 14.4 Å². The summed E-state index contributed by atoms with van der Waals surface area (Å²) in [7, 11) is -0.682. The molecular formula is C18H29NO3Si. The second-order valence-electron chi connectivity index (χ2n) is 7.11. The van der Waals surface area contributed by atoms with Gasteiger partial charge in [0.25, 0.3) is 0 Å². The van der Waals surface area contributed by atoms with Crippen LogP contribution in [0.15, 0.2) is 43.0 Å². The molecule has 1 rings (SSSR count). The summed E-state index contributed by atoms with van der Waals surface area (Å²) in [6, 6.07) is 9.55. The number of ether oxygens (including phenoxy) is 1. The van der Waals surface area contributed by atoms with E-state index in [0.717, 1.165) is 5.56 Å². The lowest BCUT2D eigenvalue weighted by Crippen LogP contribution is -2.47. The minimum Gasteiger partial charge on any atom is -0.453 e. The van der Waals surface area contributed by atoms with E-state index in [0.29, 0.717) is 0 Å². The predicted molar refractivity (Wildman–Crippen MR) is 97.0 cm³/mol. The van der Waals surface area contributed by atoms with Gasteiger partial charge in [0, 0.05) is 0 Å².